The van der Waals surface area contributed by atoms with E-state index in [-0.39, 0.29) is 16.7 Å². The number of nitrogens with zero attached hydrogens (tertiary/aromatic N) is 9. The number of nitrogens with two attached hydrogens (primary N) is 1. The third kappa shape index (κ3) is 14.1. The number of benzene rings is 12. The molecule has 0 saturated carbocycles. The maximum atomic E-state index is 11.9. The lowest BCUT2D eigenvalue weighted by molar-refractivity contribution is 0.0687. The number of hydrogen-bond acceptors (Lipinski definition) is 9. The van der Waals surface area contributed by atoms with Crippen molar-refractivity contribution in [3.05, 3.63) is 307 Å². The van der Waals surface area contributed by atoms with Crippen molar-refractivity contribution in [1.82, 2.24) is 43.6 Å². The van der Waals surface area contributed by atoms with Crippen LogP contribution in [0.4, 0.5) is 0 Å². The van der Waals surface area contributed by atoms with Crippen LogP contribution >= 0.6 is 0 Å². The lowest BCUT2D eigenvalue weighted by Crippen LogP contribution is -2.12. The number of hydrogen-bond donors (Lipinski definition) is 4. The van der Waals surface area contributed by atoms with Gasteiger partial charge in [-0.2, -0.15) is 15.0 Å². The minimum Gasteiger partial charge on any atom is -0.478 e. The number of imidazole rings is 3. The third-order valence-corrected chi connectivity index (χ3v) is 18.0. The highest BCUT2D eigenvalue weighted by molar-refractivity contribution is 6.07. The van der Waals surface area contributed by atoms with Crippen LogP contribution in [0.15, 0.2) is 274 Å². The van der Waals surface area contributed by atoms with Crippen LogP contribution in [0.1, 0.15) is 52.6 Å². The molecule has 0 spiro atoms. The first-order chi connectivity index (χ1) is 49.3. The molecule has 16 rings (SSSR count). The number of carboxylic acids is 3. The fourth-order valence-electron chi connectivity index (χ4n) is 12.8. The molecule has 17 nitrogen and oxygen atoms in total. The fourth-order valence-corrected chi connectivity index (χ4v) is 12.8. The number of carbonyl (C=O) groups excluding carboxylic acids is 1. The van der Waals surface area contributed by atoms with Crippen molar-refractivity contribution < 1.29 is 34.5 Å². The zero-order valence-corrected chi connectivity index (χ0v) is 56.6. The normalized spacial score (nSPS) is 11.0. The molecule has 5 N–H and O–H groups in total. The molecule has 12 aromatic carbocycles. The van der Waals surface area contributed by atoms with Gasteiger partial charge in [0.2, 0.25) is 0 Å². The summed E-state index contributed by atoms with van der Waals surface area (Å²) in [5.74, 6) is -3.35. The molecular weight excluding hydrogens is 1270 g/mol. The van der Waals surface area contributed by atoms with E-state index in [1.54, 1.807) is 67.5 Å². The molecule has 16 aromatic rings. The smallest absolute Gasteiger partial charge is 0.338 e. The first-order valence-electron chi connectivity index (χ1n) is 32.7. The summed E-state index contributed by atoms with van der Waals surface area (Å²) in [6.07, 6.45) is 4.98. The van der Waals surface area contributed by atoms with Gasteiger partial charge in [0, 0.05) is 28.2 Å². The summed E-state index contributed by atoms with van der Waals surface area (Å²) >= 11 is 0. The number of rotatable bonds is 12. The van der Waals surface area contributed by atoms with Gasteiger partial charge in [0.25, 0.3) is 5.91 Å². The van der Waals surface area contributed by atoms with Gasteiger partial charge in [0.1, 0.15) is 11.0 Å². The molecule has 500 valence electrons. The van der Waals surface area contributed by atoms with E-state index in [4.69, 9.17) is 5.73 Å². The molecule has 1 amide bonds. The van der Waals surface area contributed by atoms with E-state index in [1.807, 2.05) is 163 Å². The lowest BCUT2D eigenvalue weighted by Gasteiger charge is -2.09. The number of fused-ring (bicyclic) bond motifs is 4. The van der Waals surface area contributed by atoms with Crippen LogP contribution in [0.2, 0.25) is 0 Å². The molecule has 17 heteroatoms. The van der Waals surface area contributed by atoms with Gasteiger partial charge in [-0.3, -0.25) is 4.79 Å². The Labute approximate surface area is 587 Å². The number of primary amides is 1. The Morgan fingerprint density at radius 2 is 0.578 bits per heavy atom. The van der Waals surface area contributed by atoms with Crippen molar-refractivity contribution in [3.63, 3.8) is 0 Å². The topological polar surface area (TPSA) is 239 Å². The van der Waals surface area contributed by atoms with Crippen LogP contribution in [0.5, 0.6) is 0 Å². The number of carboxylic acid groups (broad SMARTS) is 3. The zero-order chi connectivity index (χ0) is 71.3. The molecule has 102 heavy (non-hydrogen) atoms. The average Bonchev–Trinajstić information content (AvgIpc) is 1.58. The van der Waals surface area contributed by atoms with Crippen LogP contribution in [-0.4, -0.2) is 82.8 Å². The van der Waals surface area contributed by atoms with Crippen LogP contribution in [0.3, 0.4) is 0 Å². The number of aromatic nitrogens is 9. The molecule has 0 saturated heterocycles. The summed E-state index contributed by atoms with van der Waals surface area (Å²) in [6.45, 7) is 4.20. The maximum absolute atomic E-state index is 11.9. The standard InChI is InChI=1S/C22H19N3O.C22H18N2O2.C21H16N2O2.C20H15N3O2/c1-14-5-3-4-6-18(14)16-9-7-15(8-10-16)17-11-19(22(23)26)21-20(12-17)24-13-25(21)2;1-14-5-3-4-6-18(14)16-9-7-15(8-10-16)17-11-19(22(25)26)21-20(12-17)23-13-24(21)2;1-23-13-22-19-12-17(11-18(20(19)23)21(24)25)16-9-7-15(8-10-16)14-5-3-2-4-6-14;1-23-21-18-12-16(11-17(20(24)25)19(18)22-23)15-9-7-14(8-10-15)13-5-3-2-4-6-13/h3-13H,1-2H3,(H2,23,26);3-13H,1-2H3,(H,25,26);2-13H,1H3,(H,24,25);2-12H,1H3,(H,24,25). The molecule has 0 aliphatic rings. The first kappa shape index (κ1) is 66.9. The van der Waals surface area contributed by atoms with E-state index in [9.17, 15) is 34.5 Å². The molecule has 0 atom stereocenters. The number of amides is 1. The van der Waals surface area contributed by atoms with Gasteiger partial charge < -0.3 is 34.8 Å². The second kappa shape index (κ2) is 28.8. The van der Waals surface area contributed by atoms with Crippen LogP contribution in [0.25, 0.3) is 133 Å². The fraction of sp³-hybridized carbons (Fsp3) is 0.0706. The SMILES string of the molecule is Cc1ccccc1-c1ccc(-c2cc(C(=O)O)c3c(c2)ncn3C)cc1.Cc1ccccc1-c1ccc(-c2cc(C(N)=O)c3c(c2)ncn3C)cc1.Cn1cnc2cc(-c3ccc(-c4ccccc4)cc3)cc(C(=O)O)c21.Cn1nc2cc(-c3ccc(-c4ccccc4)cc3)cc(C(=O)O)c2n1. The second-order valence-corrected chi connectivity index (χ2v) is 24.8. The molecule has 4 heterocycles. The minimum atomic E-state index is -1.01. The molecule has 0 aliphatic heterocycles. The predicted octanol–water partition coefficient (Wildman–Crippen LogP) is 17.8. The Bertz CT molecular complexity index is 5550. The molecule has 0 unspecified atom stereocenters. The monoisotopic (exact) mass is 1340 g/mol. The summed E-state index contributed by atoms with van der Waals surface area (Å²) in [4.78, 5) is 61.2. The quantitative estimate of drug-likeness (QED) is 0.0893. The summed E-state index contributed by atoms with van der Waals surface area (Å²) in [5, 5.41) is 37.0. The molecule has 0 fully saturated rings. The minimum absolute atomic E-state index is 0.160. The highest BCUT2D eigenvalue weighted by atomic mass is 16.4. The molecule has 0 aliphatic carbocycles. The second-order valence-electron chi connectivity index (χ2n) is 24.8. The highest BCUT2D eigenvalue weighted by Crippen LogP contribution is 2.35. The largest absolute Gasteiger partial charge is 0.478 e. The number of carbonyl (C=O) groups is 4. The van der Waals surface area contributed by atoms with E-state index in [0.29, 0.717) is 38.7 Å². The maximum Gasteiger partial charge on any atom is 0.338 e. The summed E-state index contributed by atoms with van der Waals surface area (Å²) in [6, 6.07) is 84.2. The van der Waals surface area contributed by atoms with E-state index in [1.165, 1.54) is 32.6 Å². The van der Waals surface area contributed by atoms with Gasteiger partial charge >= 0.3 is 17.9 Å². The summed E-state index contributed by atoms with van der Waals surface area (Å²) in [7, 11) is 7.15. The van der Waals surface area contributed by atoms with E-state index in [2.05, 4.69) is 124 Å². The van der Waals surface area contributed by atoms with Crippen molar-refractivity contribution in [2.75, 3.05) is 0 Å². The molecule has 0 radical (unpaired) electrons. The van der Waals surface area contributed by atoms with Gasteiger partial charge in [0.05, 0.1) is 74.3 Å². The van der Waals surface area contributed by atoms with Crippen LogP contribution < -0.4 is 5.73 Å². The Balaban J connectivity index is 0.000000121. The lowest BCUT2D eigenvalue weighted by atomic mass is 9.96. The van der Waals surface area contributed by atoms with Gasteiger partial charge in [-0.25, -0.2) is 29.3 Å². The van der Waals surface area contributed by atoms with Crippen LogP contribution in [-0.2, 0) is 28.2 Å². The Hall–Kier alpha value is -13.7. The van der Waals surface area contributed by atoms with Crippen molar-refractivity contribution in [2.45, 2.75) is 13.8 Å². The van der Waals surface area contributed by atoms with Crippen molar-refractivity contribution in [1.29, 1.82) is 0 Å². The number of aryl methyl sites for hydroxylation is 6. The van der Waals surface area contributed by atoms with E-state index in [0.717, 1.165) is 83.4 Å². The molecular formula is C85H68N10O7. The highest BCUT2D eigenvalue weighted by Gasteiger charge is 2.20. The Morgan fingerprint density at radius 1 is 0.304 bits per heavy atom. The number of aromatic carboxylic acids is 3. The van der Waals surface area contributed by atoms with Gasteiger partial charge in [-0.05, 0) is 163 Å². The van der Waals surface area contributed by atoms with Crippen molar-refractivity contribution in [3.8, 4) is 89.0 Å². The Kier molecular flexibility index (Phi) is 18.9. The Morgan fingerprint density at radius 3 is 0.912 bits per heavy atom. The zero-order valence-electron chi connectivity index (χ0n) is 56.6. The van der Waals surface area contributed by atoms with E-state index >= 15 is 0 Å². The summed E-state index contributed by atoms with van der Waals surface area (Å²) < 4.78 is 5.30. The van der Waals surface area contributed by atoms with Crippen molar-refractivity contribution >= 4 is 67.9 Å². The third-order valence-electron chi connectivity index (χ3n) is 18.0. The van der Waals surface area contributed by atoms with Gasteiger partial charge in [-0.15, -0.1) is 0 Å². The first-order valence-corrected chi connectivity index (χ1v) is 32.7. The van der Waals surface area contributed by atoms with Gasteiger partial charge in [-0.1, -0.05) is 206 Å². The molecule has 4 aromatic heterocycles. The molecule has 0 bridgehead atoms. The predicted molar refractivity (Wildman–Crippen MR) is 403 cm³/mol. The van der Waals surface area contributed by atoms with Crippen LogP contribution in [0, 0.1) is 13.8 Å². The van der Waals surface area contributed by atoms with E-state index < -0.39 is 23.8 Å². The summed E-state index contributed by atoms with van der Waals surface area (Å²) in [5.41, 5.74) is 31.0. The average molecular weight is 1340 g/mol. The van der Waals surface area contributed by atoms with Gasteiger partial charge in [0.15, 0.2) is 0 Å². The van der Waals surface area contributed by atoms with Crippen molar-refractivity contribution in [2.24, 2.45) is 33.9 Å².